The van der Waals surface area contributed by atoms with Crippen molar-refractivity contribution in [1.29, 1.82) is 0 Å². The average Bonchev–Trinajstić information content (AvgIpc) is 2.04. The van der Waals surface area contributed by atoms with Crippen LogP contribution in [0.15, 0.2) is 0 Å². The Hall–Kier alpha value is -0.840. The van der Waals surface area contributed by atoms with E-state index in [1.165, 1.54) is 0 Å². The minimum Gasteiger partial charge on any atom is -0.486 e. The van der Waals surface area contributed by atoms with Crippen LogP contribution in [0.25, 0.3) is 0 Å². The molecule has 1 aliphatic rings. The number of thiocarbonyl (C=S) groups is 1. The van der Waals surface area contributed by atoms with Crippen LogP contribution in [0.2, 0.25) is 0 Å². The van der Waals surface area contributed by atoms with E-state index in [2.05, 4.69) is 12.2 Å². The van der Waals surface area contributed by atoms with Gasteiger partial charge in [0.25, 0.3) is 5.17 Å². The number of carboxylic acid groups (broad SMARTS) is 1. The van der Waals surface area contributed by atoms with Crippen molar-refractivity contribution >= 4 is 23.5 Å². The summed E-state index contributed by atoms with van der Waals surface area (Å²) in [4.78, 5) is 11.6. The van der Waals surface area contributed by atoms with E-state index < -0.39 is 11.3 Å². The quantitative estimate of drug-likeness (QED) is 0.641. The van der Waals surface area contributed by atoms with E-state index in [-0.39, 0.29) is 6.04 Å². The zero-order valence-electron chi connectivity index (χ0n) is 7.27. The van der Waals surface area contributed by atoms with Gasteiger partial charge in [-0.1, -0.05) is 19.3 Å². The second-order valence-corrected chi connectivity index (χ2v) is 3.59. The number of amides is 1. The molecule has 0 unspecified atom stereocenters. The SMILES string of the molecule is O=C(O)N(C(O)=S)C1CCCCC1. The Morgan fingerprint density at radius 3 is 2.15 bits per heavy atom. The molecule has 5 heteroatoms. The monoisotopic (exact) mass is 203 g/mol. The van der Waals surface area contributed by atoms with Crippen LogP contribution < -0.4 is 0 Å². The zero-order chi connectivity index (χ0) is 9.84. The normalized spacial score (nSPS) is 18.2. The van der Waals surface area contributed by atoms with Crippen LogP contribution in [0, 0.1) is 0 Å². The molecule has 0 aromatic carbocycles. The first-order valence-corrected chi connectivity index (χ1v) is 4.79. The van der Waals surface area contributed by atoms with Crippen LogP contribution >= 0.6 is 12.2 Å². The van der Waals surface area contributed by atoms with Gasteiger partial charge in [0.15, 0.2) is 0 Å². The highest BCUT2D eigenvalue weighted by Gasteiger charge is 2.27. The number of rotatable bonds is 1. The van der Waals surface area contributed by atoms with Crippen molar-refractivity contribution in [2.45, 2.75) is 38.1 Å². The molecule has 1 aliphatic carbocycles. The van der Waals surface area contributed by atoms with E-state index in [1.807, 2.05) is 0 Å². The standard InChI is InChI=1S/C8H13NO3S/c10-7(11)9(8(12)13)6-4-2-1-3-5-6/h6H,1-5H2,(H,10,11)(H,12,13). The number of aliphatic hydroxyl groups excluding tert-OH is 1. The highest BCUT2D eigenvalue weighted by atomic mass is 32.1. The number of nitrogens with zero attached hydrogens (tertiary/aromatic N) is 1. The van der Waals surface area contributed by atoms with Crippen LogP contribution in [0.5, 0.6) is 0 Å². The fraction of sp³-hybridized carbons (Fsp3) is 0.750. The molecule has 0 aromatic heterocycles. The molecular weight excluding hydrogens is 190 g/mol. The van der Waals surface area contributed by atoms with Crippen LogP contribution in [0.4, 0.5) is 4.79 Å². The van der Waals surface area contributed by atoms with Crippen LogP contribution in [0.3, 0.4) is 0 Å². The fourth-order valence-corrected chi connectivity index (χ4v) is 1.96. The van der Waals surface area contributed by atoms with E-state index in [0.29, 0.717) is 0 Å². The Bertz CT molecular complexity index is 199. The summed E-state index contributed by atoms with van der Waals surface area (Å²) in [6.07, 6.45) is 3.61. The minimum absolute atomic E-state index is 0.122. The maximum Gasteiger partial charge on any atom is 0.415 e. The lowest BCUT2D eigenvalue weighted by molar-refractivity contribution is 0.139. The molecule has 1 fully saturated rings. The zero-order valence-corrected chi connectivity index (χ0v) is 8.09. The third-order valence-electron chi connectivity index (χ3n) is 2.35. The summed E-state index contributed by atoms with van der Waals surface area (Å²) in [6, 6.07) is -0.122. The van der Waals surface area contributed by atoms with Gasteiger partial charge in [-0.25, -0.2) is 9.69 Å². The van der Waals surface area contributed by atoms with Gasteiger partial charge in [-0.2, -0.15) is 0 Å². The molecule has 0 saturated heterocycles. The van der Waals surface area contributed by atoms with E-state index in [0.717, 1.165) is 37.0 Å². The van der Waals surface area contributed by atoms with E-state index >= 15 is 0 Å². The Balaban J connectivity index is 2.62. The third kappa shape index (κ3) is 2.55. The Morgan fingerprint density at radius 2 is 1.77 bits per heavy atom. The van der Waals surface area contributed by atoms with E-state index in [9.17, 15) is 4.79 Å². The molecule has 1 rings (SSSR count). The summed E-state index contributed by atoms with van der Waals surface area (Å²) in [5.74, 6) is 0. The molecule has 13 heavy (non-hydrogen) atoms. The summed E-state index contributed by atoms with van der Waals surface area (Å²) in [5, 5.41) is 17.3. The summed E-state index contributed by atoms with van der Waals surface area (Å²) in [5.41, 5.74) is 0. The molecule has 0 spiro atoms. The third-order valence-corrected chi connectivity index (χ3v) is 2.55. The topological polar surface area (TPSA) is 60.8 Å². The van der Waals surface area contributed by atoms with Gasteiger partial charge in [-0.3, -0.25) is 0 Å². The first-order valence-electron chi connectivity index (χ1n) is 4.38. The fourth-order valence-electron chi connectivity index (χ4n) is 1.73. The van der Waals surface area contributed by atoms with E-state index in [1.54, 1.807) is 0 Å². The van der Waals surface area contributed by atoms with Gasteiger partial charge in [0, 0.05) is 6.04 Å². The summed E-state index contributed by atoms with van der Waals surface area (Å²) in [6.45, 7) is 0. The smallest absolute Gasteiger partial charge is 0.415 e. The predicted molar refractivity (Wildman–Crippen MR) is 52.0 cm³/mol. The Labute approximate surface area is 82.2 Å². The second-order valence-electron chi connectivity index (χ2n) is 3.23. The molecule has 2 N–H and O–H groups in total. The Kier molecular flexibility index (Phi) is 3.48. The largest absolute Gasteiger partial charge is 0.486 e. The number of hydrogen-bond donors (Lipinski definition) is 2. The van der Waals surface area contributed by atoms with Crippen LogP contribution in [-0.4, -0.2) is 32.4 Å². The molecule has 0 heterocycles. The van der Waals surface area contributed by atoms with Gasteiger partial charge in [0.2, 0.25) is 0 Å². The molecule has 0 radical (unpaired) electrons. The lowest BCUT2D eigenvalue weighted by atomic mass is 9.95. The maximum absolute atomic E-state index is 10.7. The number of aliphatic hydroxyl groups is 1. The minimum atomic E-state index is -1.15. The number of hydrogen-bond acceptors (Lipinski definition) is 2. The molecule has 0 atom stereocenters. The van der Waals surface area contributed by atoms with E-state index in [4.69, 9.17) is 10.2 Å². The van der Waals surface area contributed by atoms with Gasteiger partial charge in [0.1, 0.15) is 0 Å². The Morgan fingerprint density at radius 1 is 1.23 bits per heavy atom. The van der Waals surface area contributed by atoms with Crippen LogP contribution in [0.1, 0.15) is 32.1 Å². The van der Waals surface area contributed by atoms with Crippen molar-refractivity contribution in [1.82, 2.24) is 4.90 Å². The molecule has 0 aromatic rings. The first kappa shape index (κ1) is 10.2. The van der Waals surface area contributed by atoms with Gasteiger partial charge in [0.05, 0.1) is 0 Å². The molecule has 74 valence electrons. The molecule has 1 amide bonds. The van der Waals surface area contributed by atoms with Crippen molar-refractivity contribution in [2.24, 2.45) is 0 Å². The van der Waals surface area contributed by atoms with Gasteiger partial charge >= 0.3 is 6.09 Å². The maximum atomic E-state index is 10.7. The number of carbonyl (C=O) groups is 1. The molecule has 0 bridgehead atoms. The van der Waals surface area contributed by atoms with Gasteiger partial charge < -0.3 is 10.2 Å². The first-order chi connectivity index (χ1) is 6.13. The molecule has 1 saturated carbocycles. The summed E-state index contributed by atoms with van der Waals surface area (Å²) in [7, 11) is 0. The van der Waals surface area contributed by atoms with Crippen molar-refractivity contribution in [3.05, 3.63) is 0 Å². The average molecular weight is 203 g/mol. The lowest BCUT2D eigenvalue weighted by Crippen LogP contribution is -2.43. The summed E-state index contributed by atoms with van der Waals surface area (Å²) >= 11 is 4.47. The molecular formula is C8H13NO3S. The van der Waals surface area contributed by atoms with Crippen molar-refractivity contribution < 1.29 is 15.0 Å². The van der Waals surface area contributed by atoms with Crippen molar-refractivity contribution in [3.8, 4) is 0 Å². The van der Waals surface area contributed by atoms with Gasteiger partial charge in [-0.05, 0) is 25.1 Å². The van der Waals surface area contributed by atoms with Gasteiger partial charge in [-0.15, -0.1) is 0 Å². The molecule has 4 nitrogen and oxygen atoms in total. The molecule has 0 aliphatic heterocycles. The van der Waals surface area contributed by atoms with Crippen LogP contribution in [-0.2, 0) is 0 Å². The van der Waals surface area contributed by atoms with Crippen molar-refractivity contribution in [3.63, 3.8) is 0 Å². The predicted octanol–water partition coefficient (Wildman–Crippen LogP) is 2.14. The second kappa shape index (κ2) is 4.41. The summed E-state index contributed by atoms with van der Waals surface area (Å²) < 4.78 is 0. The lowest BCUT2D eigenvalue weighted by Gasteiger charge is -2.29. The highest BCUT2D eigenvalue weighted by molar-refractivity contribution is 7.79. The van der Waals surface area contributed by atoms with Crippen molar-refractivity contribution in [2.75, 3.05) is 0 Å². The highest BCUT2D eigenvalue weighted by Crippen LogP contribution is 2.22.